The number of likely N-dealkylation sites (tertiary alicyclic amines) is 1. The molecule has 1 aromatic carbocycles. The lowest BCUT2D eigenvalue weighted by Crippen LogP contribution is -2.37. The molecule has 2 aliphatic carbocycles. The van der Waals surface area contributed by atoms with Crippen LogP contribution in [0.15, 0.2) is 42.5 Å². The fourth-order valence-electron chi connectivity index (χ4n) is 4.58. The standard InChI is InChI=1S/C18H21NO2/c1-12-17-15-8-7-14(9-15)16(17)10-19(12)18(20)21-11-13-5-3-2-4-6-13/h2-8,12,14-17H,9-11H2,1H3/t12-,14+,15-,16-,17+/m1/s1. The number of rotatable bonds is 2. The van der Waals surface area contributed by atoms with Crippen LogP contribution in [0.1, 0.15) is 18.9 Å². The minimum absolute atomic E-state index is 0.153. The fraction of sp³-hybridized carbons (Fsp3) is 0.500. The number of fused-ring (bicyclic) bond motifs is 5. The molecule has 1 heterocycles. The highest BCUT2D eigenvalue weighted by Gasteiger charge is 2.54. The monoisotopic (exact) mass is 283 g/mol. The van der Waals surface area contributed by atoms with Crippen molar-refractivity contribution in [2.75, 3.05) is 6.54 Å². The zero-order chi connectivity index (χ0) is 14.4. The highest BCUT2D eigenvalue weighted by atomic mass is 16.6. The third-order valence-electron chi connectivity index (χ3n) is 5.58. The van der Waals surface area contributed by atoms with Crippen molar-refractivity contribution < 1.29 is 9.53 Å². The van der Waals surface area contributed by atoms with E-state index in [1.165, 1.54) is 6.42 Å². The maximum Gasteiger partial charge on any atom is 0.410 e. The highest BCUT2D eigenvalue weighted by Crippen LogP contribution is 2.53. The number of carbonyl (C=O) groups is 1. The zero-order valence-electron chi connectivity index (χ0n) is 12.3. The van der Waals surface area contributed by atoms with Crippen LogP contribution >= 0.6 is 0 Å². The van der Waals surface area contributed by atoms with Crippen LogP contribution in [0.25, 0.3) is 0 Å². The third kappa shape index (κ3) is 2.06. The second kappa shape index (κ2) is 4.90. The lowest BCUT2D eigenvalue weighted by Gasteiger charge is -2.26. The van der Waals surface area contributed by atoms with Gasteiger partial charge >= 0.3 is 6.09 Å². The average molecular weight is 283 g/mol. The van der Waals surface area contributed by atoms with Crippen molar-refractivity contribution in [1.82, 2.24) is 4.90 Å². The Hall–Kier alpha value is -1.77. The van der Waals surface area contributed by atoms with Gasteiger partial charge in [0.1, 0.15) is 6.61 Å². The Morgan fingerprint density at radius 2 is 2.00 bits per heavy atom. The van der Waals surface area contributed by atoms with Gasteiger partial charge in [-0.25, -0.2) is 4.79 Å². The molecule has 1 aromatic rings. The van der Waals surface area contributed by atoms with E-state index in [-0.39, 0.29) is 6.09 Å². The Kier molecular flexibility index (Phi) is 3.02. The Bertz CT molecular complexity index is 568. The molecule has 3 heteroatoms. The van der Waals surface area contributed by atoms with Crippen molar-refractivity contribution in [3.63, 3.8) is 0 Å². The van der Waals surface area contributed by atoms with Crippen molar-refractivity contribution in [1.29, 1.82) is 0 Å². The summed E-state index contributed by atoms with van der Waals surface area (Å²) in [6.45, 7) is 3.41. The summed E-state index contributed by atoms with van der Waals surface area (Å²) in [7, 11) is 0. The minimum Gasteiger partial charge on any atom is -0.445 e. The first-order chi connectivity index (χ1) is 10.2. The van der Waals surface area contributed by atoms with Gasteiger partial charge in [0.2, 0.25) is 0 Å². The van der Waals surface area contributed by atoms with Gasteiger partial charge in [-0.15, -0.1) is 0 Å². The number of benzene rings is 1. The van der Waals surface area contributed by atoms with Gasteiger partial charge in [-0.05, 0) is 42.6 Å². The summed E-state index contributed by atoms with van der Waals surface area (Å²) in [4.78, 5) is 14.3. The number of allylic oxidation sites excluding steroid dienone is 2. The molecule has 1 amide bonds. The quantitative estimate of drug-likeness (QED) is 0.778. The van der Waals surface area contributed by atoms with Crippen LogP contribution < -0.4 is 0 Å². The summed E-state index contributed by atoms with van der Waals surface area (Å²) in [6, 6.07) is 10.2. The molecule has 21 heavy (non-hydrogen) atoms. The lowest BCUT2D eigenvalue weighted by molar-refractivity contribution is 0.0886. The van der Waals surface area contributed by atoms with E-state index in [1.807, 2.05) is 35.2 Å². The molecule has 0 radical (unpaired) electrons. The molecule has 110 valence electrons. The number of nitrogens with zero attached hydrogens (tertiary/aromatic N) is 1. The largest absolute Gasteiger partial charge is 0.445 e. The maximum absolute atomic E-state index is 12.4. The molecule has 1 saturated carbocycles. The van der Waals surface area contributed by atoms with Crippen LogP contribution in [0, 0.1) is 23.7 Å². The van der Waals surface area contributed by atoms with Crippen LogP contribution in [0.4, 0.5) is 4.79 Å². The number of hydrogen-bond acceptors (Lipinski definition) is 2. The smallest absolute Gasteiger partial charge is 0.410 e. The van der Waals surface area contributed by atoms with E-state index in [0.29, 0.717) is 36.3 Å². The molecule has 3 aliphatic rings. The summed E-state index contributed by atoms with van der Waals surface area (Å²) in [5.41, 5.74) is 1.04. The first-order valence-corrected chi connectivity index (χ1v) is 7.89. The topological polar surface area (TPSA) is 29.5 Å². The molecule has 0 N–H and O–H groups in total. The normalized spacial score (nSPS) is 36.0. The molecular formula is C18H21NO2. The van der Waals surface area contributed by atoms with Crippen molar-refractivity contribution in [2.24, 2.45) is 23.7 Å². The lowest BCUT2D eigenvalue weighted by atomic mass is 9.83. The van der Waals surface area contributed by atoms with Gasteiger partial charge in [0.05, 0.1) is 0 Å². The Morgan fingerprint density at radius 3 is 2.76 bits per heavy atom. The molecule has 0 aromatic heterocycles. The van der Waals surface area contributed by atoms with E-state index >= 15 is 0 Å². The minimum atomic E-state index is -0.153. The van der Waals surface area contributed by atoms with Crippen LogP contribution in [0.3, 0.4) is 0 Å². The van der Waals surface area contributed by atoms with Gasteiger partial charge in [0.15, 0.2) is 0 Å². The van der Waals surface area contributed by atoms with Crippen LogP contribution in [-0.2, 0) is 11.3 Å². The number of amides is 1. The summed E-state index contributed by atoms with van der Waals surface area (Å²) in [5, 5.41) is 0. The third-order valence-corrected chi connectivity index (χ3v) is 5.58. The molecule has 0 unspecified atom stereocenters. The summed E-state index contributed by atoms with van der Waals surface area (Å²) < 4.78 is 5.51. The fourth-order valence-corrected chi connectivity index (χ4v) is 4.58. The second-order valence-corrected chi connectivity index (χ2v) is 6.62. The molecule has 5 atom stereocenters. The number of hydrogen-bond donors (Lipinski definition) is 0. The van der Waals surface area contributed by atoms with E-state index in [2.05, 4.69) is 19.1 Å². The molecule has 0 spiro atoms. The molecule has 2 bridgehead atoms. The first-order valence-electron chi connectivity index (χ1n) is 7.89. The molecule has 2 fully saturated rings. The average Bonchev–Trinajstić information content (AvgIpc) is 3.19. The Morgan fingerprint density at radius 1 is 1.24 bits per heavy atom. The maximum atomic E-state index is 12.4. The van der Waals surface area contributed by atoms with Crippen molar-refractivity contribution in [3.05, 3.63) is 48.0 Å². The van der Waals surface area contributed by atoms with Crippen molar-refractivity contribution in [2.45, 2.75) is 26.0 Å². The molecule has 4 rings (SSSR count). The van der Waals surface area contributed by atoms with Crippen LogP contribution in [0.5, 0.6) is 0 Å². The Balaban J connectivity index is 1.40. The zero-order valence-corrected chi connectivity index (χ0v) is 12.3. The molecule has 1 saturated heterocycles. The van der Waals surface area contributed by atoms with Gasteiger partial charge in [0, 0.05) is 12.6 Å². The van der Waals surface area contributed by atoms with Gasteiger partial charge < -0.3 is 9.64 Å². The number of carbonyl (C=O) groups excluding carboxylic acids is 1. The SMILES string of the molecule is C[C@@H]1[C@@H]2[C@H](CN1C(=O)OCc1ccccc1)[C@H]1C=C[C@@H]2C1. The summed E-state index contributed by atoms with van der Waals surface area (Å²) in [6.07, 6.45) is 5.87. The number of ether oxygens (including phenoxy) is 1. The second-order valence-electron chi connectivity index (χ2n) is 6.62. The van der Waals surface area contributed by atoms with Gasteiger partial charge in [-0.3, -0.25) is 0 Å². The van der Waals surface area contributed by atoms with E-state index < -0.39 is 0 Å². The van der Waals surface area contributed by atoms with E-state index in [1.54, 1.807) is 0 Å². The van der Waals surface area contributed by atoms with Gasteiger partial charge in [0.25, 0.3) is 0 Å². The van der Waals surface area contributed by atoms with Crippen LogP contribution in [0.2, 0.25) is 0 Å². The predicted octanol–water partition coefficient (Wildman–Crippen LogP) is 3.47. The van der Waals surface area contributed by atoms with Gasteiger partial charge in [-0.2, -0.15) is 0 Å². The molecule has 1 aliphatic heterocycles. The molecular weight excluding hydrogens is 262 g/mol. The van der Waals surface area contributed by atoms with E-state index in [0.717, 1.165) is 12.1 Å². The van der Waals surface area contributed by atoms with Crippen LogP contribution in [-0.4, -0.2) is 23.6 Å². The Labute approximate surface area is 125 Å². The summed E-state index contributed by atoms with van der Waals surface area (Å²) >= 11 is 0. The predicted molar refractivity (Wildman–Crippen MR) is 80.5 cm³/mol. The highest BCUT2D eigenvalue weighted by molar-refractivity contribution is 5.68. The van der Waals surface area contributed by atoms with E-state index in [9.17, 15) is 4.79 Å². The van der Waals surface area contributed by atoms with Crippen molar-refractivity contribution >= 4 is 6.09 Å². The first kappa shape index (κ1) is 12.9. The van der Waals surface area contributed by atoms with Crippen molar-refractivity contribution in [3.8, 4) is 0 Å². The summed E-state index contributed by atoms with van der Waals surface area (Å²) in [5.74, 6) is 2.67. The van der Waals surface area contributed by atoms with Gasteiger partial charge in [-0.1, -0.05) is 42.5 Å². The molecule has 3 nitrogen and oxygen atoms in total. The van der Waals surface area contributed by atoms with E-state index in [4.69, 9.17) is 4.74 Å².